The molecule has 4 heteroatoms. The molecule has 0 spiro atoms. The lowest BCUT2D eigenvalue weighted by molar-refractivity contribution is 1.16. The summed E-state index contributed by atoms with van der Waals surface area (Å²) in [6, 6.07) is 64.9. The van der Waals surface area contributed by atoms with Crippen molar-refractivity contribution < 1.29 is 0 Å². The highest BCUT2D eigenvalue weighted by Crippen LogP contribution is 2.38. The van der Waals surface area contributed by atoms with Gasteiger partial charge in [0.2, 0.25) is 0 Å². The number of benzene rings is 8. The molecule has 3 aromatic heterocycles. The van der Waals surface area contributed by atoms with Crippen molar-refractivity contribution in [1.82, 2.24) is 19.1 Å². The van der Waals surface area contributed by atoms with Crippen molar-refractivity contribution in [3.05, 3.63) is 182 Å². The van der Waals surface area contributed by atoms with Crippen LogP contribution >= 0.6 is 0 Å². The van der Waals surface area contributed by atoms with Gasteiger partial charge in [-0.05, 0) is 60.0 Å². The van der Waals surface area contributed by atoms with Gasteiger partial charge < -0.3 is 9.13 Å². The van der Waals surface area contributed by atoms with Crippen molar-refractivity contribution in [3.63, 3.8) is 0 Å². The fraction of sp³-hybridized carbons (Fsp3) is 0. The third-order valence-electron chi connectivity index (χ3n) is 10.5. The first-order valence-corrected chi connectivity index (χ1v) is 17.7. The number of rotatable bonds is 4. The van der Waals surface area contributed by atoms with Gasteiger partial charge in [0.25, 0.3) is 0 Å². The number of hydrogen-bond donors (Lipinski definition) is 0. The molecule has 4 nitrogen and oxygen atoms in total. The second kappa shape index (κ2) is 11.2. The third kappa shape index (κ3) is 4.28. The molecule has 0 aliphatic heterocycles. The molecule has 0 saturated carbocycles. The van der Waals surface area contributed by atoms with E-state index in [1.807, 2.05) is 18.2 Å². The second-order valence-electron chi connectivity index (χ2n) is 13.4. The summed E-state index contributed by atoms with van der Waals surface area (Å²) >= 11 is 0. The predicted octanol–water partition coefficient (Wildman–Crippen LogP) is 12.3. The minimum atomic E-state index is 0.727. The summed E-state index contributed by atoms with van der Waals surface area (Å²) in [6.07, 6.45) is 0. The SMILES string of the molecule is c1ccc(-c2nc(-c3ccc(-n4c5ccccc5c5cc(-n6c7ccccc7c7ccccc76)ccc54)cc3)c3ccc4ccccc4c3n2)cc1. The van der Waals surface area contributed by atoms with Crippen molar-refractivity contribution in [1.29, 1.82) is 0 Å². The largest absolute Gasteiger partial charge is 0.309 e. The fourth-order valence-corrected chi connectivity index (χ4v) is 8.15. The number of nitrogens with zero attached hydrogens (tertiary/aromatic N) is 4. The van der Waals surface area contributed by atoms with Crippen LogP contribution in [-0.2, 0) is 0 Å². The standard InChI is InChI=1S/C48H30N4/c1-2-13-33(14-3-1)48-49-46(40-28-24-31-12-4-5-15-36(31)47(40)50-48)32-22-25-34(26-23-32)51-44-21-11-8-18-39(44)41-30-35(27-29-45(41)51)52-42-19-9-6-16-37(42)38-17-7-10-20-43(38)52/h1-30H. The minimum Gasteiger partial charge on any atom is -0.309 e. The van der Waals surface area contributed by atoms with Crippen LogP contribution in [0.1, 0.15) is 0 Å². The molecule has 0 unspecified atom stereocenters. The average molecular weight is 663 g/mol. The Hall–Kier alpha value is -7.04. The first-order valence-electron chi connectivity index (χ1n) is 17.7. The molecule has 3 heterocycles. The molecule has 0 fully saturated rings. The number of aromatic nitrogens is 4. The van der Waals surface area contributed by atoms with Gasteiger partial charge in [-0.3, -0.25) is 0 Å². The normalized spacial score (nSPS) is 11.8. The Bertz CT molecular complexity index is 3120. The number of hydrogen-bond acceptors (Lipinski definition) is 2. The zero-order valence-electron chi connectivity index (χ0n) is 28.1. The molecule has 0 amide bonds. The van der Waals surface area contributed by atoms with Gasteiger partial charge in [-0.15, -0.1) is 0 Å². The summed E-state index contributed by atoms with van der Waals surface area (Å²) in [7, 11) is 0. The zero-order chi connectivity index (χ0) is 34.2. The minimum absolute atomic E-state index is 0.727. The fourth-order valence-electron chi connectivity index (χ4n) is 8.15. The van der Waals surface area contributed by atoms with Crippen LogP contribution in [0.2, 0.25) is 0 Å². The first kappa shape index (κ1) is 28.8. The summed E-state index contributed by atoms with van der Waals surface area (Å²) in [5, 5.41) is 8.32. The van der Waals surface area contributed by atoms with Crippen molar-refractivity contribution in [2.45, 2.75) is 0 Å². The molecule has 242 valence electrons. The van der Waals surface area contributed by atoms with E-state index in [1.54, 1.807) is 0 Å². The summed E-state index contributed by atoms with van der Waals surface area (Å²) in [5.74, 6) is 0.727. The molecule has 8 aromatic carbocycles. The molecule has 52 heavy (non-hydrogen) atoms. The highest BCUT2D eigenvalue weighted by atomic mass is 15.0. The molecule has 0 saturated heterocycles. The number of para-hydroxylation sites is 3. The Labute approximate surface area is 299 Å². The van der Waals surface area contributed by atoms with E-state index in [-0.39, 0.29) is 0 Å². The van der Waals surface area contributed by atoms with Crippen LogP contribution in [0.25, 0.3) is 99.3 Å². The monoisotopic (exact) mass is 662 g/mol. The van der Waals surface area contributed by atoms with Gasteiger partial charge >= 0.3 is 0 Å². The Morgan fingerprint density at radius 1 is 0.327 bits per heavy atom. The van der Waals surface area contributed by atoms with Crippen LogP contribution in [0.4, 0.5) is 0 Å². The zero-order valence-corrected chi connectivity index (χ0v) is 28.1. The summed E-state index contributed by atoms with van der Waals surface area (Å²) < 4.78 is 4.77. The van der Waals surface area contributed by atoms with Gasteiger partial charge in [-0.1, -0.05) is 127 Å². The van der Waals surface area contributed by atoms with Crippen LogP contribution in [0.3, 0.4) is 0 Å². The van der Waals surface area contributed by atoms with Crippen molar-refractivity contribution in [3.8, 4) is 34.0 Å². The summed E-state index contributed by atoms with van der Waals surface area (Å²) in [6.45, 7) is 0. The van der Waals surface area contributed by atoms with Crippen LogP contribution in [0.5, 0.6) is 0 Å². The third-order valence-corrected chi connectivity index (χ3v) is 10.5. The summed E-state index contributed by atoms with van der Waals surface area (Å²) in [4.78, 5) is 10.3. The van der Waals surface area contributed by atoms with Crippen molar-refractivity contribution in [2.75, 3.05) is 0 Å². The summed E-state index contributed by atoms with van der Waals surface area (Å²) in [5.41, 5.74) is 11.0. The predicted molar refractivity (Wildman–Crippen MR) is 217 cm³/mol. The van der Waals surface area contributed by atoms with Gasteiger partial charge in [0.1, 0.15) is 0 Å². The Kier molecular flexibility index (Phi) is 6.22. The van der Waals surface area contributed by atoms with E-state index in [0.29, 0.717) is 0 Å². The lowest BCUT2D eigenvalue weighted by Crippen LogP contribution is -1.97. The Balaban J connectivity index is 1.08. The quantitative estimate of drug-likeness (QED) is 0.176. The molecule has 0 aliphatic carbocycles. The maximum atomic E-state index is 5.20. The maximum absolute atomic E-state index is 5.20. The van der Waals surface area contributed by atoms with Crippen LogP contribution < -0.4 is 0 Å². The van der Waals surface area contributed by atoms with Crippen molar-refractivity contribution in [2.24, 2.45) is 0 Å². The van der Waals surface area contributed by atoms with Gasteiger partial charge in [-0.25, -0.2) is 9.97 Å². The Morgan fingerprint density at radius 2 is 0.865 bits per heavy atom. The molecule has 0 bridgehead atoms. The molecule has 0 aliphatic rings. The van der Waals surface area contributed by atoms with Gasteiger partial charge in [-0.2, -0.15) is 0 Å². The molecule has 0 N–H and O–H groups in total. The molecular formula is C48H30N4. The first-order chi connectivity index (χ1) is 25.8. The maximum Gasteiger partial charge on any atom is 0.160 e. The van der Waals surface area contributed by atoms with E-state index >= 15 is 0 Å². The van der Waals surface area contributed by atoms with Crippen molar-refractivity contribution >= 4 is 65.3 Å². The molecule has 0 atom stereocenters. The van der Waals surface area contributed by atoms with E-state index in [9.17, 15) is 0 Å². The van der Waals surface area contributed by atoms with Crippen LogP contribution in [-0.4, -0.2) is 19.1 Å². The molecule has 0 radical (unpaired) electrons. The van der Waals surface area contributed by atoms with Crippen LogP contribution in [0.15, 0.2) is 182 Å². The smallest absolute Gasteiger partial charge is 0.160 e. The van der Waals surface area contributed by atoms with Gasteiger partial charge in [0.15, 0.2) is 5.82 Å². The van der Waals surface area contributed by atoms with E-state index in [1.165, 1.54) is 49.0 Å². The van der Waals surface area contributed by atoms with E-state index in [2.05, 4.69) is 173 Å². The Morgan fingerprint density at radius 3 is 1.56 bits per heavy atom. The molecular weight excluding hydrogens is 633 g/mol. The number of fused-ring (bicyclic) bond motifs is 9. The van der Waals surface area contributed by atoms with Crippen LogP contribution in [0, 0.1) is 0 Å². The average Bonchev–Trinajstić information content (AvgIpc) is 3.73. The lowest BCUT2D eigenvalue weighted by Gasteiger charge is -2.13. The van der Waals surface area contributed by atoms with E-state index in [4.69, 9.17) is 9.97 Å². The van der Waals surface area contributed by atoms with E-state index in [0.717, 1.165) is 50.3 Å². The highest BCUT2D eigenvalue weighted by Gasteiger charge is 2.18. The van der Waals surface area contributed by atoms with E-state index < -0.39 is 0 Å². The molecule has 11 aromatic rings. The lowest BCUT2D eigenvalue weighted by atomic mass is 10.0. The van der Waals surface area contributed by atoms with Gasteiger partial charge in [0, 0.05) is 54.8 Å². The van der Waals surface area contributed by atoms with Gasteiger partial charge in [0.05, 0.1) is 33.3 Å². The highest BCUT2D eigenvalue weighted by molar-refractivity contribution is 6.13. The molecule has 11 rings (SSSR count). The second-order valence-corrected chi connectivity index (χ2v) is 13.4. The topological polar surface area (TPSA) is 35.6 Å².